The van der Waals surface area contributed by atoms with Crippen molar-refractivity contribution in [1.29, 1.82) is 5.41 Å². The van der Waals surface area contributed by atoms with E-state index in [-0.39, 0.29) is 34.7 Å². The molecule has 2 aromatic carbocycles. The van der Waals surface area contributed by atoms with Gasteiger partial charge in [0.2, 0.25) is 11.8 Å². The highest BCUT2D eigenvalue weighted by Gasteiger charge is 2.36. The second-order valence-corrected chi connectivity index (χ2v) is 11.2. The molecule has 1 amide bonds. The van der Waals surface area contributed by atoms with Crippen LogP contribution in [0.5, 0.6) is 5.75 Å². The molecule has 1 fully saturated rings. The van der Waals surface area contributed by atoms with Crippen LogP contribution in [-0.2, 0) is 11.0 Å². The molecule has 2 heterocycles. The number of rotatable bonds is 11. The first-order valence-corrected chi connectivity index (χ1v) is 15.1. The number of aryl methyl sites for hydroxylation is 1. The largest absolute Gasteiger partial charge is 0.438 e. The summed E-state index contributed by atoms with van der Waals surface area (Å²) in [5.41, 5.74) is 8.48. The van der Waals surface area contributed by atoms with E-state index >= 15 is 0 Å². The third kappa shape index (κ3) is 8.41. The van der Waals surface area contributed by atoms with Crippen molar-refractivity contribution in [2.45, 2.75) is 46.2 Å². The molecule has 11 heteroatoms. The van der Waals surface area contributed by atoms with Gasteiger partial charge in [-0.3, -0.25) is 9.78 Å². The quantitative estimate of drug-likeness (QED) is 0.119. The van der Waals surface area contributed by atoms with Crippen molar-refractivity contribution >= 4 is 23.5 Å². The normalized spacial score (nSPS) is 14.8. The number of piperidine rings is 1. The number of amides is 1. The van der Waals surface area contributed by atoms with Crippen LogP contribution >= 0.6 is 0 Å². The summed E-state index contributed by atoms with van der Waals surface area (Å²) >= 11 is 0. The zero-order valence-corrected chi connectivity index (χ0v) is 26.2. The molecule has 0 saturated carbocycles. The van der Waals surface area contributed by atoms with Crippen molar-refractivity contribution in [1.82, 2.24) is 10.3 Å². The van der Waals surface area contributed by atoms with Crippen molar-refractivity contribution in [2.24, 2.45) is 16.6 Å². The number of carbonyl (C=O) groups is 1. The van der Waals surface area contributed by atoms with Gasteiger partial charge in [-0.15, -0.1) is 0 Å². The predicted octanol–water partition coefficient (Wildman–Crippen LogP) is 7.04. The van der Waals surface area contributed by atoms with Gasteiger partial charge in [0.05, 0.1) is 16.8 Å². The molecule has 1 aliphatic heterocycles. The number of nitrogens with two attached hydrogens (primary N) is 1. The summed E-state index contributed by atoms with van der Waals surface area (Å²) in [6.07, 6.45) is 1.48. The number of aliphatic imine (C=N–C) groups is 1. The highest BCUT2D eigenvalue weighted by Crippen LogP contribution is 2.41. The molecular formula is C35H39F3N6O2. The molecule has 46 heavy (non-hydrogen) atoms. The lowest BCUT2D eigenvalue weighted by molar-refractivity contribution is -0.137. The number of halogens is 3. The summed E-state index contributed by atoms with van der Waals surface area (Å²) in [6.45, 7) is 10.6. The first-order valence-electron chi connectivity index (χ1n) is 15.1. The molecule has 8 nitrogen and oxygen atoms in total. The van der Waals surface area contributed by atoms with Crippen LogP contribution in [0.15, 0.2) is 89.6 Å². The Hall–Kier alpha value is -4.93. The number of hydrogen-bond acceptors (Lipinski definition) is 7. The summed E-state index contributed by atoms with van der Waals surface area (Å²) in [4.78, 5) is 22.1. The van der Waals surface area contributed by atoms with Gasteiger partial charge < -0.3 is 26.1 Å². The third-order valence-corrected chi connectivity index (χ3v) is 7.96. The summed E-state index contributed by atoms with van der Waals surface area (Å²) in [7, 11) is 0. The number of aromatic nitrogens is 1. The van der Waals surface area contributed by atoms with Crippen molar-refractivity contribution in [3.8, 4) is 16.9 Å². The summed E-state index contributed by atoms with van der Waals surface area (Å²) < 4.78 is 49.5. The molecule has 0 bridgehead atoms. The van der Waals surface area contributed by atoms with Gasteiger partial charge in [0, 0.05) is 61.6 Å². The molecule has 1 aromatic heterocycles. The smallest absolute Gasteiger partial charge is 0.418 e. The van der Waals surface area contributed by atoms with Gasteiger partial charge in [0.1, 0.15) is 5.75 Å². The van der Waals surface area contributed by atoms with E-state index in [4.69, 9.17) is 15.9 Å². The highest BCUT2D eigenvalue weighted by molar-refractivity contribution is 5.99. The van der Waals surface area contributed by atoms with Gasteiger partial charge in [-0.05, 0) is 73.6 Å². The number of alkyl halides is 3. The van der Waals surface area contributed by atoms with E-state index in [1.54, 1.807) is 68.4 Å². The minimum Gasteiger partial charge on any atom is -0.438 e. The van der Waals surface area contributed by atoms with Crippen LogP contribution in [0, 0.1) is 18.3 Å². The number of nitrogens with one attached hydrogen (secondary N) is 2. The lowest BCUT2D eigenvalue weighted by Gasteiger charge is -2.35. The van der Waals surface area contributed by atoms with E-state index in [2.05, 4.69) is 21.9 Å². The molecule has 0 unspecified atom stereocenters. The Balaban J connectivity index is 1.65. The Morgan fingerprint density at radius 1 is 1.20 bits per heavy atom. The summed E-state index contributed by atoms with van der Waals surface area (Å²) in [5, 5.41) is 10.8. The van der Waals surface area contributed by atoms with E-state index in [0.29, 0.717) is 67.0 Å². The van der Waals surface area contributed by atoms with Crippen LogP contribution in [0.3, 0.4) is 0 Å². The molecular weight excluding hydrogens is 593 g/mol. The minimum absolute atomic E-state index is 0.0214. The van der Waals surface area contributed by atoms with Gasteiger partial charge in [-0.2, -0.15) is 13.2 Å². The van der Waals surface area contributed by atoms with Gasteiger partial charge in [-0.25, -0.2) is 4.99 Å². The van der Waals surface area contributed by atoms with Crippen molar-refractivity contribution in [2.75, 3.05) is 24.5 Å². The second kappa shape index (κ2) is 14.9. The van der Waals surface area contributed by atoms with Crippen LogP contribution < -0.4 is 20.7 Å². The number of allylic oxidation sites excluding steroid dienone is 1. The average Bonchev–Trinajstić information content (AvgIpc) is 3.04. The van der Waals surface area contributed by atoms with E-state index in [1.807, 2.05) is 6.07 Å². The van der Waals surface area contributed by atoms with E-state index in [1.165, 1.54) is 12.1 Å². The maximum absolute atomic E-state index is 14.4. The number of benzene rings is 2. The fourth-order valence-electron chi connectivity index (χ4n) is 5.20. The Kier molecular flexibility index (Phi) is 11.0. The number of hydrogen-bond donors (Lipinski definition) is 3. The Bertz CT molecular complexity index is 1640. The van der Waals surface area contributed by atoms with Crippen LogP contribution in [0.1, 0.15) is 49.8 Å². The predicted molar refractivity (Wildman–Crippen MR) is 176 cm³/mol. The molecule has 0 atom stereocenters. The molecule has 1 aliphatic rings. The second-order valence-electron chi connectivity index (χ2n) is 11.2. The Morgan fingerprint density at radius 3 is 2.50 bits per heavy atom. The monoisotopic (exact) mass is 632 g/mol. The van der Waals surface area contributed by atoms with Gasteiger partial charge in [0.25, 0.3) is 0 Å². The lowest BCUT2D eigenvalue weighted by Crippen LogP contribution is -2.39. The Labute approximate surface area is 267 Å². The molecule has 3 aromatic rings. The zero-order valence-electron chi connectivity index (χ0n) is 26.2. The zero-order chi connectivity index (χ0) is 33.4. The summed E-state index contributed by atoms with van der Waals surface area (Å²) in [5.74, 6) is 0.563. The fraction of sp³-hybridized carbons (Fsp3) is 0.314. The summed E-state index contributed by atoms with van der Waals surface area (Å²) in [6, 6.07) is 13.1. The SMILES string of the molecule is C=C(N)/C(C=N)=C(\N=C(C)c1cccnc1)Oc1cc(-c2ccc(N3CCC(CNC(=O)CC)CC3)c(C(F)(F)F)c2)ccc1C. The minimum atomic E-state index is -4.57. The standard InChI is InChI=1S/C35H39F3N6O2/c1-5-33(45)42-20-25-12-15-44(16-13-25)31-11-10-26(17-30(31)35(36,37)38)27-9-8-22(2)32(18-27)46-34(29(19-39)23(3)40)43-24(4)28-7-6-14-41-21-28/h6-11,14,17-19,21,25,39H,3,5,12-13,15-16,20,40H2,1-2,4H3,(H,42,45)/b34-29+,39-19?,43-24?. The van der Waals surface area contributed by atoms with Gasteiger partial charge >= 0.3 is 6.18 Å². The van der Waals surface area contributed by atoms with Crippen molar-refractivity contribution in [3.63, 3.8) is 0 Å². The van der Waals surface area contributed by atoms with Crippen LogP contribution in [-0.4, -0.2) is 42.5 Å². The van der Waals surface area contributed by atoms with E-state index in [9.17, 15) is 18.0 Å². The van der Waals surface area contributed by atoms with Crippen LogP contribution in [0.25, 0.3) is 11.1 Å². The number of anilines is 1. The number of carbonyl (C=O) groups excluding carboxylic acids is 1. The fourth-order valence-corrected chi connectivity index (χ4v) is 5.20. The van der Waals surface area contributed by atoms with Crippen LogP contribution in [0.4, 0.5) is 18.9 Å². The molecule has 0 aliphatic carbocycles. The molecule has 4 N–H and O–H groups in total. The molecule has 0 spiro atoms. The number of nitrogens with zero attached hydrogens (tertiary/aromatic N) is 3. The van der Waals surface area contributed by atoms with E-state index in [0.717, 1.165) is 11.8 Å². The van der Waals surface area contributed by atoms with Gasteiger partial charge in [0.15, 0.2) is 0 Å². The van der Waals surface area contributed by atoms with Crippen molar-refractivity contribution < 1.29 is 22.7 Å². The third-order valence-electron chi connectivity index (χ3n) is 7.96. The first kappa shape index (κ1) is 34.0. The molecule has 4 rings (SSSR count). The maximum Gasteiger partial charge on any atom is 0.418 e. The maximum atomic E-state index is 14.4. The van der Waals surface area contributed by atoms with Gasteiger partial charge in [-0.1, -0.05) is 37.8 Å². The topological polar surface area (TPSA) is 117 Å². The molecule has 242 valence electrons. The van der Waals surface area contributed by atoms with Crippen molar-refractivity contribution in [3.05, 3.63) is 101 Å². The number of pyridine rings is 1. The average molecular weight is 633 g/mol. The lowest BCUT2D eigenvalue weighted by atomic mass is 9.94. The van der Waals surface area contributed by atoms with Crippen LogP contribution in [0.2, 0.25) is 0 Å². The molecule has 1 saturated heterocycles. The Morgan fingerprint density at radius 2 is 1.89 bits per heavy atom. The highest BCUT2D eigenvalue weighted by atomic mass is 19.4. The molecule has 0 radical (unpaired) electrons. The van der Waals surface area contributed by atoms with E-state index < -0.39 is 11.7 Å². The first-order chi connectivity index (χ1) is 21.9. The number of ether oxygens (including phenoxy) is 1.